The minimum atomic E-state index is -1.82. The highest BCUT2D eigenvalue weighted by molar-refractivity contribution is 6.27. The van der Waals surface area contributed by atoms with Crippen LogP contribution in [0.25, 0.3) is 0 Å². The SMILES string of the molecule is O=C(O)C(=O)O.O=C(c1ccccc1F)N1CCN(Cc2ccc(F)cc2)CC1. The van der Waals surface area contributed by atoms with Gasteiger partial charge >= 0.3 is 11.9 Å². The van der Waals surface area contributed by atoms with E-state index in [2.05, 4.69) is 4.90 Å². The second kappa shape index (κ2) is 10.3. The van der Waals surface area contributed by atoms with E-state index in [0.717, 1.165) is 25.2 Å². The van der Waals surface area contributed by atoms with Crippen molar-refractivity contribution in [2.24, 2.45) is 0 Å². The number of hydrogen-bond acceptors (Lipinski definition) is 4. The van der Waals surface area contributed by atoms with Gasteiger partial charge in [0.2, 0.25) is 0 Å². The Kier molecular flexibility index (Phi) is 7.79. The molecule has 9 heteroatoms. The predicted octanol–water partition coefficient (Wildman–Crippen LogP) is 2.08. The number of carboxylic acid groups (broad SMARTS) is 2. The molecule has 1 amide bonds. The second-order valence-corrected chi connectivity index (χ2v) is 6.28. The Labute approximate surface area is 165 Å². The molecule has 0 radical (unpaired) electrons. The monoisotopic (exact) mass is 406 g/mol. The molecule has 0 saturated carbocycles. The molecule has 2 aromatic rings. The van der Waals surface area contributed by atoms with Crippen LogP contribution in [-0.2, 0) is 16.1 Å². The van der Waals surface area contributed by atoms with Crippen molar-refractivity contribution in [1.82, 2.24) is 9.80 Å². The van der Waals surface area contributed by atoms with Gasteiger partial charge in [0.25, 0.3) is 5.91 Å². The average molecular weight is 406 g/mol. The number of rotatable bonds is 3. The lowest BCUT2D eigenvalue weighted by atomic mass is 10.1. The number of carboxylic acids is 2. The van der Waals surface area contributed by atoms with Crippen LogP contribution in [0.3, 0.4) is 0 Å². The molecule has 154 valence electrons. The fourth-order valence-corrected chi connectivity index (χ4v) is 2.76. The minimum absolute atomic E-state index is 0.125. The number of halogens is 2. The van der Waals surface area contributed by atoms with E-state index in [9.17, 15) is 13.6 Å². The lowest BCUT2D eigenvalue weighted by molar-refractivity contribution is -0.159. The van der Waals surface area contributed by atoms with Gasteiger partial charge in [-0.2, -0.15) is 0 Å². The topological polar surface area (TPSA) is 98.1 Å². The third kappa shape index (κ3) is 6.65. The number of benzene rings is 2. The van der Waals surface area contributed by atoms with Crippen LogP contribution < -0.4 is 0 Å². The molecule has 29 heavy (non-hydrogen) atoms. The predicted molar refractivity (Wildman–Crippen MR) is 99.3 cm³/mol. The zero-order valence-electron chi connectivity index (χ0n) is 15.4. The van der Waals surface area contributed by atoms with Crippen LogP contribution in [0.2, 0.25) is 0 Å². The van der Waals surface area contributed by atoms with Gasteiger partial charge in [-0.1, -0.05) is 24.3 Å². The van der Waals surface area contributed by atoms with Gasteiger partial charge in [-0.25, -0.2) is 18.4 Å². The quantitative estimate of drug-likeness (QED) is 0.758. The van der Waals surface area contributed by atoms with E-state index >= 15 is 0 Å². The maximum atomic E-state index is 13.7. The maximum absolute atomic E-state index is 13.7. The van der Waals surface area contributed by atoms with Gasteiger partial charge in [-0.15, -0.1) is 0 Å². The molecule has 2 aromatic carbocycles. The highest BCUT2D eigenvalue weighted by Crippen LogP contribution is 2.14. The van der Waals surface area contributed by atoms with Crippen molar-refractivity contribution in [2.45, 2.75) is 6.54 Å². The minimum Gasteiger partial charge on any atom is -0.473 e. The van der Waals surface area contributed by atoms with Crippen molar-refractivity contribution >= 4 is 17.8 Å². The molecule has 7 nitrogen and oxygen atoms in total. The Bertz CT molecular complexity index is 853. The number of aliphatic carboxylic acids is 2. The highest BCUT2D eigenvalue weighted by atomic mass is 19.1. The van der Waals surface area contributed by atoms with Crippen molar-refractivity contribution < 1.29 is 33.4 Å². The number of piperazine rings is 1. The van der Waals surface area contributed by atoms with E-state index < -0.39 is 17.8 Å². The fraction of sp³-hybridized carbons (Fsp3) is 0.250. The summed E-state index contributed by atoms with van der Waals surface area (Å²) < 4.78 is 26.6. The van der Waals surface area contributed by atoms with E-state index in [1.54, 1.807) is 29.2 Å². The van der Waals surface area contributed by atoms with Gasteiger partial charge in [0.15, 0.2) is 0 Å². The number of hydrogen-bond donors (Lipinski definition) is 2. The van der Waals surface area contributed by atoms with Crippen molar-refractivity contribution in [3.8, 4) is 0 Å². The van der Waals surface area contributed by atoms with Gasteiger partial charge in [-0.3, -0.25) is 9.69 Å². The summed E-state index contributed by atoms with van der Waals surface area (Å²) in [6.45, 7) is 3.29. The standard InChI is InChI=1S/C18H18F2N2O.C2H2O4/c19-15-7-5-14(6-8-15)13-21-9-11-22(12-10-21)18(23)16-3-1-2-4-17(16)20;3-1(4)2(5)6/h1-8H,9-13H2;(H,3,4)(H,5,6). The maximum Gasteiger partial charge on any atom is 0.414 e. The van der Waals surface area contributed by atoms with Gasteiger partial charge < -0.3 is 15.1 Å². The zero-order chi connectivity index (χ0) is 21.4. The van der Waals surface area contributed by atoms with E-state index in [-0.39, 0.29) is 17.3 Å². The normalized spacial score (nSPS) is 13.9. The third-order valence-electron chi connectivity index (χ3n) is 4.27. The smallest absolute Gasteiger partial charge is 0.414 e. The molecule has 0 atom stereocenters. The molecule has 2 N–H and O–H groups in total. The molecule has 1 aliphatic heterocycles. The van der Waals surface area contributed by atoms with Crippen molar-refractivity contribution in [3.05, 3.63) is 71.3 Å². The Morgan fingerprint density at radius 1 is 0.828 bits per heavy atom. The molecular formula is C20H20F2N2O5. The number of nitrogens with zero attached hydrogens (tertiary/aromatic N) is 2. The summed E-state index contributed by atoms with van der Waals surface area (Å²) in [4.78, 5) is 34.4. The van der Waals surface area contributed by atoms with Crippen molar-refractivity contribution in [2.75, 3.05) is 26.2 Å². The van der Waals surface area contributed by atoms with Crippen LogP contribution in [0.1, 0.15) is 15.9 Å². The van der Waals surface area contributed by atoms with E-state index in [0.29, 0.717) is 13.1 Å². The molecule has 3 rings (SSSR count). The van der Waals surface area contributed by atoms with E-state index in [4.69, 9.17) is 19.8 Å². The summed E-state index contributed by atoms with van der Waals surface area (Å²) in [6.07, 6.45) is 0. The molecule has 1 aliphatic rings. The first kappa shape index (κ1) is 22.0. The Hall–Kier alpha value is -3.33. The van der Waals surface area contributed by atoms with Crippen LogP contribution in [0.5, 0.6) is 0 Å². The van der Waals surface area contributed by atoms with Gasteiger partial charge in [0.1, 0.15) is 11.6 Å². The molecular weight excluding hydrogens is 386 g/mol. The summed E-state index contributed by atoms with van der Waals surface area (Å²) in [6, 6.07) is 12.5. The molecule has 0 unspecified atom stereocenters. The summed E-state index contributed by atoms with van der Waals surface area (Å²) in [7, 11) is 0. The summed E-state index contributed by atoms with van der Waals surface area (Å²) >= 11 is 0. The molecule has 0 aromatic heterocycles. The molecule has 0 spiro atoms. The van der Waals surface area contributed by atoms with Crippen molar-refractivity contribution in [1.29, 1.82) is 0 Å². The lowest BCUT2D eigenvalue weighted by Gasteiger charge is -2.34. The number of carbonyl (C=O) groups is 3. The zero-order valence-corrected chi connectivity index (χ0v) is 15.4. The summed E-state index contributed by atoms with van der Waals surface area (Å²) in [5.41, 5.74) is 1.17. The number of carbonyl (C=O) groups excluding carboxylic acids is 1. The van der Waals surface area contributed by atoms with Gasteiger partial charge in [0.05, 0.1) is 5.56 Å². The molecule has 0 bridgehead atoms. The van der Waals surface area contributed by atoms with Crippen LogP contribution in [0.4, 0.5) is 8.78 Å². The van der Waals surface area contributed by atoms with Crippen LogP contribution in [-0.4, -0.2) is 64.0 Å². The first-order valence-corrected chi connectivity index (χ1v) is 8.74. The lowest BCUT2D eigenvalue weighted by Crippen LogP contribution is -2.48. The number of amides is 1. The third-order valence-corrected chi connectivity index (χ3v) is 4.27. The largest absolute Gasteiger partial charge is 0.473 e. The van der Waals surface area contributed by atoms with Crippen LogP contribution in [0.15, 0.2) is 48.5 Å². The molecule has 1 fully saturated rings. The Balaban J connectivity index is 0.000000438. The summed E-state index contributed by atoms with van der Waals surface area (Å²) in [5.74, 6) is -4.63. The molecule has 1 saturated heterocycles. The summed E-state index contributed by atoms with van der Waals surface area (Å²) in [5, 5.41) is 14.8. The molecule has 1 heterocycles. The van der Waals surface area contributed by atoms with Gasteiger partial charge in [-0.05, 0) is 29.8 Å². The Morgan fingerprint density at radius 3 is 1.90 bits per heavy atom. The van der Waals surface area contributed by atoms with Crippen LogP contribution in [0, 0.1) is 11.6 Å². The highest BCUT2D eigenvalue weighted by Gasteiger charge is 2.23. The second-order valence-electron chi connectivity index (χ2n) is 6.28. The fourth-order valence-electron chi connectivity index (χ4n) is 2.76. The first-order valence-electron chi connectivity index (χ1n) is 8.74. The van der Waals surface area contributed by atoms with Crippen molar-refractivity contribution in [3.63, 3.8) is 0 Å². The van der Waals surface area contributed by atoms with E-state index in [1.165, 1.54) is 24.3 Å². The average Bonchev–Trinajstić information content (AvgIpc) is 2.70. The molecule has 0 aliphatic carbocycles. The van der Waals surface area contributed by atoms with Crippen LogP contribution >= 0.6 is 0 Å². The van der Waals surface area contributed by atoms with Gasteiger partial charge in [0, 0.05) is 32.7 Å². The Morgan fingerprint density at radius 2 is 1.38 bits per heavy atom. The van der Waals surface area contributed by atoms with E-state index in [1.807, 2.05) is 0 Å². The first-order chi connectivity index (χ1) is 13.8.